The minimum Gasteiger partial charge on any atom is -0.360 e. The van der Waals surface area contributed by atoms with Gasteiger partial charge in [-0.05, 0) is 73.5 Å². The second kappa shape index (κ2) is 8.07. The van der Waals surface area contributed by atoms with Gasteiger partial charge in [0.05, 0.1) is 0 Å². The molecule has 3 heterocycles. The molecule has 0 radical (unpaired) electrons. The van der Waals surface area contributed by atoms with Crippen LogP contribution in [0.4, 0.5) is 5.69 Å². The molecule has 0 spiro atoms. The highest BCUT2D eigenvalue weighted by atomic mass is 32.1. The van der Waals surface area contributed by atoms with Gasteiger partial charge in [0, 0.05) is 35.2 Å². The van der Waals surface area contributed by atoms with E-state index in [2.05, 4.69) is 64.2 Å². The molecule has 2 aromatic rings. The largest absolute Gasteiger partial charge is 0.360 e. The molecule has 0 aliphatic carbocycles. The molecular weight excluding hydrogens is 358 g/mol. The maximum atomic E-state index is 5.56. The molecule has 2 fully saturated rings. The van der Waals surface area contributed by atoms with Gasteiger partial charge in [0.1, 0.15) is 0 Å². The zero-order valence-corrected chi connectivity index (χ0v) is 16.9. The molecule has 3 nitrogen and oxygen atoms in total. The minimum absolute atomic E-state index is 0.488. The number of thiocarbonyl (C=S) groups is 1. The highest BCUT2D eigenvalue weighted by Gasteiger charge is 2.40. The van der Waals surface area contributed by atoms with Crippen LogP contribution in [0.1, 0.15) is 43.0 Å². The van der Waals surface area contributed by atoms with Crippen LogP contribution in [0.2, 0.25) is 0 Å². The number of rotatable bonds is 5. The molecule has 26 heavy (non-hydrogen) atoms. The summed E-state index contributed by atoms with van der Waals surface area (Å²) in [6, 6.07) is 14.8. The van der Waals surface area contributed by atoms with E-state index in [9.17, 15) is 0 Å². The molecule has 1 aromatic carbocycles. The molecule has 0 saturated carbocycles. The van der Waals surface area contributed by atoms with E-state index < -0.39 is 0 Å². The van der Waals surface area contributed by atoms with E-state index in [4.69, 9.17) is 12.2 Å². The molecule has 2 aliphatic rings. The Morgan fingerprint density at radius 3 is 2.50 bits per heavy atom. The number of nitrogens with one attached hydrogen (secondary N) is 2. The van der Waals surface area contributed by atoms with Crippen LogP contribution in [0.5, 0.6) is 0 Å². The maximum Gasteiger partial charge on any atom is 0.170 e. The normalized spacial score (nSPS) is 25.2. The van der Waals surface area contributed by atoms with Gasteiger partial charge < -0.3 is 10.6 Å². The predicted octanol–water partition coefficient (Wildman–Crippen LogP) is 4.79. The van der Waals surface area contributed by atoms with Crippen molar-refractivity contribution in [1.29, 1.82) is 0 Å². The van der Waals surface area contributed by atoms with Crippen molar-refractivity contribution < 1.29 is 0 Å². The molecule has 2 bridgehead atoms. The fraction of sp³-hybridized carbons (Fsp3) is 0.476. The first-order valence-corrected chi connectivity index (χ1v) is 10.9. The SMILES string of the molecule is CCc1ccc(NC(=S)NC2C[C@H]3CC[C@@H](C2)N3Cc2cccs2)cc1. The first-order valence-electron chi connectivity index (χ1n) is 9.66. The Bertz CT molecular complexity index is 712. The highest BCUT2D eigenvalue weighted by Crippen LogP contribution is 2.37. The third-order valence-electron chi connectivity index (χ3n) is 5.76. The lowest BCUT2D eigenvalue weighted by Gasteiger charge is -2.39. The smallest absolute Gasteiger partial charge is 0.170 e. The lowest BCUT2D eigenvalue weighted by Crippen LogP contribution is -2.50. The minimum atomic E-state index is 0.488. The molecule has 1 aromatic heterocycles. The second-order valence-corrected chi connectivity index (χ2v) is 8.89. The third-order valence-corrected chi connectivity index (χ3v) is 6.84. The van der Waals surface area contributed by atoms with Crippen LogP contribution in [0.15, 0.2) is 41.8 Å². The van der Waals surface area contributed by atoms with Crippen molar-refractivity contribution in [3.8, 4) is 0 Å². The lowest BCUT2D eigenvalue weighted by atomic mass is 9.97. The van der Waals surface area contributed by atoms with Crippen molar-refractivity contribution in [3.05, 3.63) is 52.2 Å². The molecule has 0 amide bonds. The van der Waals surface area contributed by atoms with Gasteiger partial charge in [-0.15, -0.1) is 11.3 Å². The average Bonchev–Trinajstić information content (AvgIpc) is 3.22. The number of nitrogens with zero attached hydrogens (tertiary/aromatic N) is 1. The zero-order valence-electron chi connectivity index (χ0n) is 15.3. The van der Waals surface area contributed by atoms with Crippen LogP contribution in [-0.4, -0.2) is 28.1 Å². The summed E-state index contributed by atoms with van der Waals surface area (Å²) in [7, 11) is 0. The quantitative estimate of drug-likeness (QED) is 0.724. The van der Waals surface area contributed by atoms with Crippen molar-refractivity contribution in [3.63, 3.8) is 0 Å². The molecular formula is C21H27N3S2. The number of hydrogen-bond acceptors (Lipinski definition) is 3. The van der Waals surface area contributed by atoms with Crippen LogP contribution < -0.4 is 10.6 Å². The van der Waals surface area contributed by atoms with Crippen LogP contribution in [0, 0.1) is 0 Å². The first-order chi connectivity index (χ1) is 12.7. The molecule has 5 heteroatoms. The molecule has 2 aliphatic heterocycles. The van der Waals surface area contributed by atoms with Gasteiger partial charge in [-0.3, -0.25) is 4.90 Å². The van der Waals surface area contributed by atoms with E-state index in [1.54, 1.807) is 0 Å². The predicted molar refractivity (Wildman–Crippen MR) is 115 cm³/mol. The number of fused-ring (bicyclic) bond motifs is 2. The van der Waals surface area contributed by atoms with Crippen molar-refractivity contribution in [2.24, 2.45) is 0 Å². The maximum absolute atomic E-state index is 5.56. The van der Waals surface area contributed by atoms with Crippen molar-refractivity contribution in [2.45, 2.75) is 63.7 Å². The number of benzene rings is 1. The van der Waals surface area contributed by atoms with E-state index >= 15 is 0 Å². The Labute approximate surface area is 165 Å². The average molecular weight is 386 g/mol. The van der Waals surface area contributed by atoms with E-state index in [0.717, 1.165) is 23.8 Å². The second-order valence-electron chi connectivity index (χ2n) is 7.45. The number of piperidine rings is 1. The van der Waals surface area contributed by atoms with Crippen LogP contribution in [0.3, 0.4) is 0 Å². The number of anilines is 1. The topological polar surface area (TPSA) is 27.3 Å². The van der Waals surface area contributed by atoms with E-state index in [0.29, 0.717) is 18.1 Å². The summed E-state index contributed by atoms with van der Waals surface area (Å²) in [6.45, 7) is 3.29. The van der Waals surface area contributed by atoms with Gasteiger partial charge in [-0.1, -0.05) is 25.1 Å². The van der Waals surface area contributed by atoms with Gasteiger partial charge in [-0.2, -0.15) is 0 Å². The molecule has 138 valence electrons. The molecule has 2 N–H and O–H groups in total. The van der Waals surface area contributed by atoms with Crippen LogP contribution in [-0.2, 0) is 13.0 Å². The molecule has 3 atom stereocenters. The van der Waals surface area contributed by atoms with Crippen molar-refractivity contribution in [2.75, 3.05) is 5.32 Å². The summed E-state index contributed by atoms with van der Waals surface area (Å²) < 4.78 is 0. The molecule has 2 saturated heterocycles. The fourth-order valence-electron chi connectivity index (χ4n) is 4.41. The van der Waals surface area contributed by atoms with Gasteiger partial charge in [0.2, 0.25) is 0 Å². The Balaban J connectivity index is 1.30. The van der Waals surface area contributed by atoms with Crippen molar-refractivity contribution in [1.82, 2.24) is 10.2 Å². The van der Waals surface area contributed by atoms with Gasteiger partial charge in [0.25, 0.3) is 0 Å². The summed E-state index contributed by atoms with van der Waals surface area (Å²) in [4.78, 5) is 4.21. The van der Waals surface area contributed by atoms with Gasteiger partial charge in [-0.25, -0.2) is 0 Å². The first kappa shape index (κ1) is 18.0. The Hall–Kier alpha value is -1.43. The third kappa shape index (κ3) is 4.11. The Morgan fingerprint density at radius 2 is 1.88 bits per heavy atom. The molecule has 1 unspecified atom stereocenters. The summed E-state index contributed by atoms with van der Waals surface area (Å²) in [5.74, 6) is 0. The van der Waals surface area contributed by atoms with E-state index in [1.165, 1.54) is 36.1 Å². The standard InChI is InChI=1S/C21H27N3S2/c1-2-15-5-7-16(8-6-15)22-21(25)23-17-12-18-9-10-19(13-17)24(18)14-20-4-3-11-26-20/h3-8,11,17-19H,2,9-10,12-14H2,1H3,(H2,22,23,25)/t17?,18-,19+. The number of hydrogen-bond donors (Lipinski definition) is 2. The summed E-state index contributed by atoms with van der Waals surface area (Å²) in [5, 5.41) is 9.86. The van der Waals surface area contributed by atoms with E-state index in [1.807, 2.05) is 11.3 Å². The molecule has 4 rings (SSSR count). The Morgan fingerprint density at radius 1 is 1.15 bits per heavy atom. The highest BCUT2D eigenvalue weighted by molar-refractivity contribution is 7.80. The summed E-state index contributed by atoms with van der Waals surface area (Å²) >= 11 is 7.44. The van der Waals surface area contributed by atoms with Crippen molar-refractivity contribution >= 4 is 34.4 Å². The number of thiophene rings is 1. The summed E-state index contributed by atoms with van der Waals surface area (Å²) in [6.07, 6.45) is 6.10. The van der Waals surface area contributed by atoms with E-state index in [-0.39, 0.29) is 0 Å². The van der Waals surface area contributed by atoms with Crippen LogP contribution >= 0.6 is 23.6 Å². The zero-order chi connectivity index (χ0) is 17.9. The monoisotopic (exact) mass is 385 g/mol. The summed E-state index contributed by atoms with van der Waals surface area (Å²) in [5.41, 5.74) is 2.42. The number of aryl methyl sites for hydroxylation is 1. The lowest BCUT2D eigenvalue weighted by molar-refractivity contribution is 0.116. The fourth-order valence-corrected chi connectivity index (χ4v) is 5.41. The van der Waals surface area contributed by atoms with Crippen LogP contribution in [0.25, 0.3) is 0 Å². The van der Waals surface area contributed by atoms with Gasteiger partial charge in [0.15, 0.2) is 5.11 Å². The Kier molecular flexibility index (Phi) is 5.57. The van der Waals surface area contributed by atoms with Gasteiger partial charge >= 0.3 is 0 Å².